The highest BCUT2D eigenvalue weighted by atomic mass is 19.2. The van der Waals surface area contributed by atoms with Crippen molar-refractivity contribution in [3.63, 3.8) is 0 Å². The zero-order valence-corrected chi connectivity index (χ0v) is 32.4. The molecule has 2 aromatic rings. The van der Waals surface area contributed by atoms with Crippen molar-refractivity contribution in [2.45, 2.75) is 129 Å². The molecule has 0 aliphatic rings. The van der Waals surface area contributed by atoms with Crippen LogP contribution in [0.1, 0.15) is 142 Å². The van der Waals surface area contributed by atoms with Crippen LogP contribution in [-0.4, -0.2) is 17.8 Å². The maximum absolute atomic E-state index is 14.3. The molecule has 0 fully saturated rings. The van der Waals surface area contributed by atoms with E-state index in [9.17, 15) is 13.6 Å². The smallest absolute Gasteiger partial charge is 0.166 e. The Morgan fingerprint density at radius 3 is 1.79 bits per heavy atom. The first-order valence-electron chi connectivity index (χ1n) is 17.2. The van der Waals surface area contributed by atoms with E-state index in [0.717, 1.165) is 29.7 Å². The lowest BCUT2D eigenvalue weighted by Gasteiger charge is -2.13. The van der Waals surface area contributed by atoms with Gasteiger partial charge in [-0.15, -0.1) is 13.2 Å². The number of nitrogens with zero attached hydrogens (tertiary/aromatic N) is 1. The number of allylic oxidation sites excluding steroid dienone is 5. The molecule has 0 unspecified atom stereocenters. The number of rotatable bonds is 11. The fraction of sp³-hybridized carbons (Fsp3) is 0.452. The number of aldehydes is 1. The first-order chi connectivity index (χ1) is 22.9. The molecule has 6 heteroatoms. The molecule has 0 aliphatic heterocycles. The first-order valence-corrected chi connectivity index (χ1v) is 17.2. The topological polar surface area (TPSA) is 58.5 Å². The lowest BCUT2D eigenvalue weighted by Crippen LogP contribution is -2.09. The SMILES string of the molecule is C=C.CC.CC=O.CCCC.CCCCC.C\C=C/C=C(Nc1ccc(C(C)=O)c(CC)c1)\C(C)=N\C=C(/C)c1ccc(C)c(F)c1F. The van der Waals surface area contributed by atoms with Gasteiger partial charge in [-0.1, -0.05) is 105 Å². The van der Waals surface area contributed by atoms with Crippen LogP contribution in [0.25, 0.3) is 5.57 Å². The van der Waals surface area contributed by atoms with Gasteiger partial charge < -0.3 is 10.1 Å². The predicted molar refractivity (Wildman–Crippen MR) is 210 cm³/mol. The Labute approximate surface area is 293 Å². The molecule has 0 amide bonds. The monoisotopic (exact) mass is 669 g/mol. The molecule has 2 rings (SSSR count). The average Bonchev–Trinajstić information content (AvgIpc) is 3.10. The molecule has 0 atom stereocenters. The Kier molecular flexibility index (Phi) is 36.5. The molecular formula is C42H66F2N2O2. The van der Waals surface area contributed by atoms with E-state index in [-0.39, 0.29) is 16.9 Å². The van der Waals surface area contributed by atoms with Crippen LogP contribution in [-0.2, 0) is 11.2 Å². The van der Waals surface area contributed by atoms with Gasteiger partial charge in [-0.25, -0.2) is 8.78 Å². The number of anilines is 1. The van der Waals surface area contributed by atoms with Crippen LogP contribution < -0.4 is 5.32 Å². The van der Waals surface area contributed by atoms with Crippen molar-refractivity contribution in [2.75, 3.05) is 5.32 Å². The van der Waals surface area contributed by atoms with Gasteiger partial charge in [0.25, 0.3) is 0 Å². The standard InChI is InChI=1S/C27H30F2N2O.C5H12.C4H10.C2H4O.C2H6.C2H4/c1-7-9-10-25(31-22-12-14-24(20(6)32)21(8-2)15-22)19(5)30-16-18(4)23-13-11-17(3)26(28)27(23)29;1-3-5-4-2;1-3-4-2;1-2-3;2*1-2/h7,9-16,31H,8H2,1-6H3;3-5H2,1-2H3;3-4H2,1-2H3;2H,1H3;1-2H3;1-2H2/b9-7-,18-16+,25-10+,30-19+;;;;;. The Bertz CT molecular complexity index is 1270. The van der Waals surface area contributed by atoms with Crippen LogP contribution >= 0.6 is 0 Å². The van der Waals surface area contributed by atoms with Crippen molar-refractivity contribution < 1.29 is 18.4 Å². The number of hydrogen-bond donors (Lipinski definition) is 1. The van der Waals surface area contributed by atoms with E-state index >= 15 is 0 Å². The van der Waals surface area contributed by atoms with Crippen LogP contribution in [0.4, 0.5) is 14.5 Å². The summed E-state index contributed by atoms with van der Waals surface area (Å²) >= 11 is 0. The summed E-state index contributed by atoms with van der Waals surface area (Å²) in [5, 5.41) is 3.35. The molecule has 0 aromatic heterocycles. The maximum Gasteiger partial charge on any atom is 0.166 e. The molecule has 0 aliphatic carbocycles. The van der Waals surface area contributed by atoms with Gasteiger partial charge in [0.15, 0.2) is 17.4 Å². The number of benzene rings is 2. The number of aryl methyl sites for hydroxylation is 2. The number of carbonyl (C=O) groups excluding carboxylic acids is 2. The fourth-order valence-electron chi connectivity index (χ4n) is 3.54. The van der Waals surface area contributed by atoms with E-state index < -0.39 is 11.6 Å². The van der Waals surface area contributed by atoms with Crippen molar-refractivity contribution in [3.8, 4) is 0 Å². The first kappa shape index (κ1) is 50.9. The summed E-state index contributed by atoms with van der Waals surface area (Å²) in [6.07, 6.45) is 15.4. The number of carbonyl (C=O) groups is 2. The Hall–Kier alpha value is -3.93. The quantitative estimate of drug-likeness (QED) is 0.0852. The highest BCUT2D eigenvalue weighted by molar-refractivity contribution is 6.02. The summed E-state index contributed by atoms with van der Waals surface area (Å²) in [5.74, 6) is -1.67. The van der Waals surface area contributed by atoms with Crippen LogP contribution in [0, 0.1) is 18.6 Å². The molecule has 2 aromatic carbocycles. The van der Waals surface area contributed by atoms with Crippen LogP contribution in [0.15, 0.2) is 78.6 Å². The van der Waals surface area contributed by atoms with E-state index in [2.05, 4.69) is 51.2 Å². The Morgan fingerprint density at radius 2 is 1.38 bits per heavy atom. The minimum Gasteiger partial charge on any atom is -0.354 e. The highest BCUT2D eigenvalue weighted by Gasteiger charge is 2.12. The average molecular weight is 669 g/mol. The van der Waals surface area contributed by atoms with Crippen molar-refractivity contribution in [1.29, 1.82) is 0 Å². The lowest BCUT2D eigenvalue weighted by molar-refractivity contribution is -0.106. The lowest BCUT2D eigenvalue weighted by atomic mass is 10.0. The molecule has 1 N–H and O–H groups in total. The van der Waals surface area contributed by atoms with E-state index in [0.29, 0.717) is 16.8 Å². The number of hydrogen-bond acceptors (Lipinski definition) is 4. The Balaban J connectivity index is -0.000000509. The minimum atomic E-state index is -0.868. The molecule has 0 spiro atoms. The second-order valence-corrected chi connectivity index (χ2v) is 10.2. The third-order valence-corrected chi connectivity index (χ3v) is 6.35. The molecule has 48 heavy (non-hydrogen) atoms. The second kappa shape index (κ2) is 34.4. The van der Waals surface area contributed by atoms with Crippen LogP contribution in [0.2, 0.25) is 0 Å². The summed E-state index contributed by atoms with van der Waals surface area (Å²) in [6.45, 7) is 30.8. The molecule has 4 nitrogen and oxygen atoms in total. The number of nitrogens with one attached hydrogen (secondary N) is 1. The van der Waals surface area contributed by atoms with Gasteiger partial charge in [-0.05, 0) is 88.9 Å². The van der Waals surface area contributed by atoms with E-state index in [4.69, 9.17) is 4.79 Å². The van der Waals surface area contributed by atoms with Crippen LogP contribution in [0.5, 0.6) is 0 Å². The van der Waals surface area contributed by atoms with Gasteiger partial charge in [-0.3, -0.25) is 9.79 Å². The van der Waals surface area contributed by atoms with Gasteiger partial charge in [0.2, 0.25) is 0 Å². The summed E-state index contributed by atoms with van der Waals surface area (Å²) in [5.41, 5.74) is 4.91. The van der Waals surface area contributed by atoms with Crippen LogP contribution in [0.3, 0.4) is 0 Å². The summed E-state index contributed by atoms with van der Waals surface area (Å²) in [7, 11) is 0. The number of halogens is 2. The molecule has 0 bridgehead atoms. The number of unbranched alkanes of at least 4 members (excludes halogenated alkanes) is 3. The highest BCUT2D eigenvalue weighted by Crippen LogP contribution is 2.23. The zero-order valence-electron chi connectivity index (χ0n) is 32.4. The molecule has 0 heterocycles. The van der Waals surface area contributed by atoms with Crippen molar-refractivity contribution in [3.05, 3.63) is 108 Å². The zero-order chi connectivity index (χ0) is 38.1. The number of aliphatic imine (C=N–C) groups is 1. The maximum atomic E-state index is 14.3. The van der Waals surface area contributed by atoms with Gasteiger partial charge in [0, 0.05) is 23.0 Å². The predicted octanol–water partition coefficient (Wildman–Crippen LogP) is 13.5. The molecule has 0 saturated carbocycles. The Morgan fingerprint density at radius 1 is 0.854 bits per heavy atom. The van der Waals surface area contributed by atoms with Gasteiger partial charge in [0.1, 0.15) is 6.29 Å². The van der Waals surface area contributed by atoms with E-state index in [1.54, 1.807) is 26.0 Å². The number of ketones is 1. The van der Waals surface area contributed by atoms with Gasteiger partial charge in [0.05, 0.1) is 11.4 Å². The second-order valence-electron chi connectivity index (χ2n) is 10.2. The summed E-state index contributed by atoms with van der Waals surface area (Å²) < 4.78 is 28.2. The molecular weight excluding hydrogens is 602 g/mol. The summed E-state index contributed by atoms with van der Waals surface area (Å²) in [6, 6.07) is 8.75. The third kappa shape index (κ3) is 22.6. The molecule has 0 saturated heterocycles. The number of Topliss-reactive ketones (excluding diaryl/α,β-unsaturated/α-hetero) is 1. The van der Waals surface area contributed by atoms with Crippen molar-refractivity contribution in [2.24, 2.45) is 4.99 Å². The summed E-state index contributed by atoms with van der Waals surface area (Å²) in [4.78, 5) is 25.1. The molecule has 0 radical (unpaired) electrons. The van der Waals surface area contributed by atoms with Gasteiger partial charge in [-0.2, -0.15) is 0 Å². The third-order valence-electron chi connectivity index (χ3n) is 6.35. The van der Waals surface area contributed by atoms with Gasteiger partial charge >= 0.3 is 0 Å². The van der Waals surface area contributed by atoms with Crippen molar-refractivity contribution >= 4 is 29.0 Å². The van der Waals surface area contributed by atoms with Crippen molar-refractivity contribution in [1.82, 2.24) is 0 Å². The molecule has 270 valence electrons. The largest absolute Gasteiger partial charge is 0.354 e. The van der Waals surface area contributed by atoms with E-state index in [1.807, 2.05) is 71.0 Å². The fourth-order valence-corrected chi connectivity index (χ4v) is 3.54. The van der Waals surface area contributed by atoms with E-state index in [1.165, 1.54) is 52.2 Å². The normalized spacial score (nSPS) is 10.7. The minimum absolute atomic E-state index is 0.0382.